The van der Waals surface area contributed by atoms with Crippen molar-refractivity contribution in [1.29, 1.82) is 0 Å². The number of aromatic nitrogens is 1. The molecule has 0 radical (unpaired) electrons. The summed E-state index contributed by atoms with van der Waals surface area (Å²) in [7, 11) is 0. The first-order valence-corrected chi connectivity index (χ1v) is 6.33. The maximum absolute atomic E-state index is 12.7. The molecule has 0 aromatic carbocycles. The quantitative estimate of drug-likeness (QED) is 0.908. The van der Waals surface area contributed by atoms with Gasteiger partial charge in [0.25, 0.3) is 5.91 Å². The monoisotopic (exact) mass is 287 g/mol. The molecule has 1 aromatic rings. The highest BCUT2D eigenvalue weighted by Crippen LogP contribution is 2.33. The van der Waals surface area contributed by atoms with Crippen molar-refractivity contribution in [2.75, 3.05) is 18.0 Å². The molecule has 20 heavy (non-hydrogen) atoms. The van der Waals surface area contributed by atoms with E-state index in [4.69, 9.17) is 5.73 Å². The molecule has 7 heteroatoms. The maximum Gasteiger partial charge on any atom is 0.433 e. The van der Waals surface area contributed by atoms with Gasteiger partial charge < -0.3 is 10.6 Å². The van der Waals surface area contributed by atoms with E-state index in [9.17, 15) is 18.0 Å². The lowest BCUT2D eigenvalue weighted by atomic mass is 10.0. The predicted octanol–water partition coefficient (Wildman–Crippen LogP) is 2.29. The summed E-state index contributed by atoms with van der Waals surface area (Å²) in [6, 6.07) is 1.88. The Kier molecular flexibility index (Phi) is 3.62. The summed E-state index contributed by atoms with van der Waals surface area (Å²) in [6.07, 6.45) is -4.54. The van der Waals surface area contributed by atoms with Crippen molar-refractivity contribution in [3.05, 3.63) is 23.4 Å². The zero-order chi connectivity index (χ0) is 15.1. The summed E-state index contributed by atoms with van der Waals surface area (Å²) in [5, 5.41) is 0. The lowest BCUT2D eigenvalue weighted by Gasteiger charge is -2.21. The molecule has 1 fully saturated rings. The van der Waals surface area contributed by atoms with E-state index in [-0.39, 0.29) is 11.4 Å². The van der Waals surface area contributed by atoms with Gasteiger partial charge in [0, 0.05) is 13.1 Å². The van der Waals surface area contributed by atoms with Gasteiger partial charge in [0.05, 0.1) is 5.56 Å². The van der Waals surface area contributed by atoms with Crippen molar-refractivity contribution in [2.24, 2.45) is 17.6 Å². The molecule has 4 nitrogen and oxygen atoms in total. The van der Waals surface area contributed by atoms with Gasteiger partial charge in [-0.1, -0.05) is 13.8 Å². The molecule has 0 aliphatic carbocycles. The Balaban J connectivity index is 2.45. The molecule has 2 heterocycles. The Morgan fingerprint density at radius 2 is 1.85 bits per heavy atom. The highest BCUT2D eigenvalue weighted by atomic mass is 19.4. The molecule has 2 rings (SSSR count). The Morgan fingerprint density at radius 1 is 1.30 bits per heavy atom. The van der Waals surface area contributed by atoms with Gasteiger partial charge in [0.1, 0.15) is 11.5 Å². The summed E-state index contributed by atoms with van der Waals surface area (Å²) in [4.78, 5) is 16.7. The van der Waals surface area contributed by atoms with Gasteiger partial charge in [-0.15, -0.1) is 0 Å². The number of primary amides is 1. The van der Waals surface area contributed by atoms with Gasteiger partial charge in [-0.3, -0.25) is 4.79 Å². The van der Waals surface area contributed by atoms with Crippen LogP contribution in [0.3, 0.4) is 0 Å². The van der Waals surface area contributed by atoms with Crippen LogP contribution in [0.4, 0.5) is 19.0 Å². The van der Waals surface area contributed by atoms with Crippen LogP contribution < -0.4 is 10.6 Å². The number of anilines is 1. The van der Waals surface area contributed by atoms with Crippen LogP contribution in [0.5, 0.6) is 0 Å². The maximum atomic E-state index is 12.7. The second-order valence-electron chi connectivity index (χ2n) is 5.29. The average Bonchev–Trinajstić information content (AvgIpc) is 2.67. The standard InChI is InChI=1S/C13H16F3N3O/c1-7-5-19(6-8(7)2)12-9(11(17)20)3-4-10(18-12)13(14,15)16/h3-4,7-8H,5-6H2,1-2H3,(H2,17,20). The van der Waals surface area contributed by atoms with E-state index in [0.29, 0.717) is 24.9 Å². The molecule has 110 valence electrons. The van der Waals surface area contributed by atoms with Crippen LogP contribution in [-0.4, -0.2) is 24.0 Å². The normalized spacial score (nSPS) is 23.1. The highest BCUT2D eigenvalue weighted by Gasteiger charge is 2.35. The highest BCUT2D eigenvalue weighted by molar-refractivity contribution is 5.97. The van der Waals surface area contributed by atoms with Gasteiger partial charge in [-0.05, 0) is 24.0 Å². The number of carbonyl (C=O) groups excluding carboxylic acids is 1. The fourth-order valence-corrected chi connectivity index (χ4v) is 2.34. The van der Waals surface area contributed by atoms with E-state index < -0.39 is 17.8 Å². The molecule has 0 saturated carbocycles. The van der Waals surface area contributed by atoms with Gasteiger partial charge in [-0.25, -0.2) is 4.98 Å². The third-order valence-corrected chi connectivity index (χ3v) is 3.72. The Labute approximate surface area is 114 Å². The lowest BCUT2D eigenvalue weighted by Crippen LogP contribution is -2.27. The molecule has 1 aliphatic heterocycles. The van der Waals surface area contributed by atoms with E-state index in [1.165, 1.54) is 0 Å². The number of carbonyl (C=O) groups is 1. The van der Waals surface area contributed by atoms with E-state index in [0.717, 1.165) is 12.1 Å². The fraction of sp³-hybridized carbons (Fsp3) is 0.538. The second kappa shape index (κ2) is 4.96. The lowest BCUT2D eigenvalue weighted by molar-refractivity contribution is -0.141. The molecular formula is C13H16F3N3O. The second-order valence-corrected chi connectivity index (χ2v) is 5.29. The number of hydrogen-bond acceptors (Lipinski definition) is 3. The fourth-order valence-electron chi connectivity index (χ4n) is 2.34. The minimum absolute atomic E-state index is 0.0271. The molecule has 0 spiro atoms. The Bertz CT molecular complexity index is 520. The van der Waals surface area contributed by atoms with Crippen molar-refractivity contribution in [3.8, 4) is 0 Å². The van der Waals surface area contributed by atoms with Gasteiger partial charge in [0.15, 0.2) is 0 Å². The number of nitrogens with two attached hydrogens (primary N) is 1. The minimum Gasteiger partial charge on any atom is -0.365 e. The number of hydrogen-bond donors (Lipinski definition) is 1. The smallest absolute Gasteiger partial charge is 0.365 e. The molecule has 1 saturated heterocycles. The third kappa shape index (κ3) is 2.71. The zero-order valence-electron chi connectivity index (χ0n) is 11.2. The van der Waals surface area contributed by atoms with E-state index in [1.54, 1.807) is 4.90 Å². The molecule has 1 aliphatic rings. The first kappa shape index (κ1) is 14.6. The summed E-state index contributed by atoms with van der Waals surface area (Å²) in [6.45, 7) is 5.16. The number of halogens is 3. The summed E-state index contributed by atoms with van der Waals surface area (Å²) < 4.78 is 38.2. The van der Waals surface area contributed by atoms with Crippen LogP contribution in [-0.2, 0) is 6.18 Å². The van der Waals surface area contributed by atoms with Gasteiger partial charge >= 0.3 is 6.18 Å². The molecule has 2 atom stereocenters. The number of rotatable bonds is 2. The zero-order valence-corrected chi connectivity index (χ0v) is 11.2. The van der Waals surface area contributed by atoms with Gasteiger partial charge in [0.2, 0.25) is 0 Å². The van der Waals surface area contributed by atoms with Gasteiger partial charge in [-0.2, -0.15) is 13.2 Å². The Morgan fingerprint density at radius 3 is 2.30 bits per heavy atom. The van der Waals surface area contributed by atoms with E-state index in [1.807, 2.05) is 13.8 Å². The van der Waals surface area contributed by atoms with Crippen molar-refractivity contribution in [1.82, 2.24) is 4.98 Å². The van der Waals surface area contributed by atoms with Crippen LogP contribution in [0.2, 0.25) is 0 Å². The predicted molar refractivity (Wildman–Crippen MR) is 68.3 cm³/mol. The van der Waals surface area contributed by atoms with Crippen LogP contribution >= 0.6 is 0 Å². The number of alkyl halides is 3. The SMILES string of the molecule is CC1CN(c2nc(C(F)(F)F)ccc2C(N)=O)CC1C. The van der Waals surface area contributed by atoms with Crippen molar-refractivity contribution in [2.45, 2.75) is 20.0 Å². The van der Waals surface area contributed by atoms with Crippen molar-refractivity contribution in [3.63, 3.8) is 0 Å². The molecule has 1 amide bonds. The molecule has 2 N–H and O–H groups in total. The summed E-state index contributed by atoms with van der Waals surface area (Å²) in [5.41, 5.74) is 4.24. The topological polar surface area (TPSA) is 59.2 Å². The van der Waals surface area contributed by atoms with Crippen LogP contribution in [0, 0.1) is 11.8 Å². The number of amides is 1. The largest absolute Gasteiger partial charge is 0.433 e. The number of pyridine rings is 1. The van der Waals surface area contributed by atoms with Crippen LogP contribution in [0.25, 0.3) is 0 Å². The average molecular weight is 287 g/mol. The van der Waals surface area contributed by atoms with Crippen LogP contribution in [0.1, 0.15) is 29.9 Å². The summed E-state index contributed by atoms with van der Waals surface area (Å²) >= 11 is 0. The van der Waals surface area contributed by atoms with Crippen molar-refractivity contribution >= 4 is 11.7 Å². The van der Waals surface area contributed by atoms with Crippen LogP contribution in [0.15, 0.2) is 12.1 Å². The van der Waals surface area contributed by atoms with E-state index in [2.05, 4.69) is 4.98 Å². The third-order valence-electron chi connectivity index (χ3n) is 3.72. The van der Waals surface area contributed by atoms with E-state index >= 15 is 0 Å². The molecule has 1 aromatic heterocycles. The summed E-state index contributed by atoms with van der Waals surface area (Å²) in [5.74, 6) is -0.0869. The number of nitrogens with zero attached hydrogens (tertiary/aromatic N) is 2. The Hall–Kier alpha value is -1.79. The first-order valence-electron chi connectivity index (χ1n) is 6.33. The minimum atomic E-state index is -4.54. The first-order chi connectivity index (χ1) is 9.20. The molecule has 0 bridgehead atoms. The van der Waals surface area contributed by atoms with Crippen molar-refractivity contribution < 1.29 is 18.0 Å². The molecule has 2 unspecified atom stereocenters. The molecular weight excluding hydrogens is 271 g/mol.